The van der Waals surface area contributed by atoms with Gasteiger partial charge in [0.2, 0.25) is 15.9 Å². The van der Waals surface area contributed by atoms with E-state index >= 15 is 0 Å². The normalized spacial score (nSPS) is 28.2. The fraction of sp³-hybridized carbons (Fsp3) is 0.765. The minimum absolute atomic E-state index is 0.0956. The molecule has 1 saturated carbocycles. The van der Waals surface area contributed by atoms with Gasteiger partial charge >= 0.3 is 0 Å². The molecule has 1 amide bonds. The van der Waals surface area contributed by atoms with E-state index in [2.05, 4.69) is 17.4 Å². The summed E-state index contributed by atoms with van der Waals surface area (Å²) in [6, 6.07) is -0.502. The van der Waals surface area contributed by atoms with Gasteiger partial charge in [-0.3, -0.25) is 4.79 Å². The molecule has 2 aliphatic rings. The van der Waals surface area contributed by atoms with Crippen molar-refractivity contribution in [2.75, 3.05) is 6.54 Å². The first-order valence-electron chi connectivity index (χ1n) is 9.07. The summed E-state index contributed by atoms with van der Waals surface area (Å²) < 4.78 is 32.4. The molecular weight excluding hydrogens is 342 g/mol. The van der Waals surface area contributed by atoms with Crippen molar-refractivity contribution in [1.82, 2.24) is 14.8 Å². The van der Waals surface area contributed by atoms with E-state index in [9.17, 15) is 13.2 Å². The Kier molecular flexibility index (Phi) is 5.20. The highest BCUT2D eigenvalue weighted by atomic mass is 32.2. The summed E-state index contributed by atoms with van der Waals surface area (Å²) in [5.41, 5.74) is 0.337. The lowest BCUT2D eigenvalue weighted by molar-refractivity contribution is -0.125. The van der Waals surface area contributed by atoms with Gasteiger partial charge in [-0.05, 0) is 45.4 Å². The third-order valence-corrected chi connectivity index (χ3v) is 7.63. The standard InChI is InChI=1S/C17H27N3O4S/c1-11-7-4-5-8-14(11)18-17(21)15-9-6-10-20(15)25(22,23)16-12(2)19-24-13(16)3/h11,14-15H,4-10H2,1-3H3,(H,18,21)/t11-,14+,15+/m0/s1. The van der Waals surface area contributed by atoms with Crippen LogP contribution in [-0.4, -0.2) is 42.4 Å². The van der Waals surface area contributed by atoms with Gasteiger partial charge in [-0.2, -0.15) is 4.31 Å². The van der Waals surface area contributed by atoms with Crippen LogP contribution < -0.4 is 5.32 Å². The number of nitrogens with zero attached hydrogens (tertiary/aromatic N) is 2. The molecule has 1 aliphatic heterocycles. The molecule has 140 valence electrons. The molecule has 8 heteroatoms. The Morgan fingerprint density at radius 3 is 2.56 bits per heavy atom. The van der Waals surface area contributed by atoms with Crippen LogP contribution in [0.25, 0.3) is 0 Å². The zero-order valence-electron chi connectivity index (χ0n) is 15.1. The summed E-state index contributed by atoms with van der Waals surface area (Å²) in [7, 11) is -3.79. The molecule has 1 N–H and O–H groups in total. The fourth-order valence-electron chi connectivity index (χ4n) is 4.06. The lowest BCUT2D eigenvalue weighted by Crippen LogP contribution is -2.50. The molecule has 1 aromatic rings. The van der Waals surface area contributed by atoms with Crippen molar-refractivity contribution in [2.24, 2.45) is 5.92 Å². The van der Waals surface area contributed by atoms with Gasteiger partial charge in [-0.15, -0.1) is 0 Å². The monoisotopic (exact) mass is 369 g/mol. The highest BCUT2D eigenvalue weighted by Crippen LogP contribution is 2.30. The largest absolute Gasteiger partial charge is 0.360 e. The number of carbonyl (C=O) groups excluding carboxylic acids is 1. The minimum Gasteiger partial charge on any atom is -0.360 e. The van der Waals surface area contributed by atoms with E-state index in [4.69, 9.17) is 4.52 Å². The van der Waals surface area contributed by atoms with Gasteiger partial charge in [-0.1, -0.05) is 24.9 Å². The maximum absolute atomic E-state index is 13.1. The van der Waals surface area contributed by atoms with Crippen LogP contribution in [0.3, 0.4) is 0 Å². The third-order valence-electron chi connectivity index (χ3n) is 5.48. The topological polar surface area (TPSA) is 92.5 Å². The number of nitrogens with one attached hydrogen (secondary N) is 1. The SMILES string of the molecule is Cc1noc(C)c1S(=O)(=O)N1CCC[C@@H]1C(=O)N[C@@H]1CCCC[C@@H]1C. The Hall–Kier alpha value is -1.41. The first-order valence-corrected chi connectivity index (χ1v) is 10.5. The predicted octanol–water partition coefficient (Wildman–Crippen LogP) is 2.14. The van der Waals surface area contributed by atoms with Crippen LogP contribution in [0.4, 0.5) is 0 Å². The van der Waals surface area contributed by atoms with Crippen LogP contribution in [0, 0.1) is 19.8 Å². The van der Waals surface area contributed by atoms with Gasteiger partial charge in [0.05, 0.1) is 0 Å². The van der Waals surface area contributed by atoms with Gasteiger partial charge in [0.15, 0.2) is 5.76 Å². The molecule has 0 spiro atoms. The zero-order valence-corrected chi connectivity index (χ0v) is 15.9. The van der Waals surface area contributed by atoms with Crippen LogP contribution >= 0.6 is 0 Å². The number of amides is 1. The molecule has 0 unspecified atom stereocenters. The molecule has 25 heavy (non-hydrogen) atoms. The fourth-order valence-corrected chi connectivity index (χ4v) is 6.01. The zero-order chi connectivity index (χ0) is 18.2. The summed E-state index contributed by atoms with van der Waals surface area (Å²) in [6.07, 6.45) is 5.62. The van der Waals surface area contributed by atoms with Gasteiger partial charge in [0.25, 0.3) is 0 Å². The third kappa shape index (κ3) is 3.46. The maximum atomic E-state index is 13.1. The Balaban J connectivity index is 1.79. The molecule has 3 atom stereocenters. The molecule has 1 aromatic heterocycles. The lowest BCUT2D eigenvalue weighted by atomic mass is 9.86. The second-order valence-corrected chi connectivity index (χ2v) is 9.13. The van der Waals surface area contributed by atoms with E-state index in [0.29, 0.717) is 31.0 Å². The highest BCUT2D eigenvalue weighted by Gasteiger charge is 2.42. The van der Waals surface area contributed by atoms with Crippen LogP contribution in [0.1, 0.15) is 56.9 Å². The van der Waals surface area contributed by atoms with E-state index in [1.165, 1.54) is 10.7 Å². The van der Waals surface area contributed by atoms with Crippen molar-refractivity contribution >= 4 is 15.9 Å². The molecule has 0 bridgehead atoms. The summed E-state index contributed by atoms with van der Waals surface area (Å²) in [5.74, 6) is 0.530. The molecule has 2 heterocycles. The van der Waals surface area contributed by atoms with Crippen LogP contribution in [-0.2, 0) is 14.8 Å². The predicted molar refractivity (Wildman–Crippen MR) is 92.5 cm³/mol. The lowest BCUT2D eigenvalue weighted by Gasteiger charge is -2.31. The molecule has 0 radical (unpaired) electrons. The van der Waals surface area contributed by atoms with Crippen molar-refractivity contribution < 1.29 is 17.7 Å². The van der Waals surface area contributed by atoms with Gasteiger partial charge in [0.1, 0.15) is 16.6 Å². The first kappa shape index (κ1) is 18.4. The van der Waals surface area contributed by atoms with Crippen molar-refractivity contribution in [1.29, 1.82) is 0 Å². The second kappa shape index (κ2) is 7.07. The number of aromatic nitrogens is 1. The van der Waals surface area contributed by atoms with E-state index in [1.807, 2.05) is 0 Å². The average Bonchev–Trinajstić information content (AvgIpc) is 3.17. The van der Waals surface area contributed by atoms with Crippen molar-refractivity contribution in [3.63, 3.8) is 0 Å². The summed E-state index contributed by atoms with van der Waals surface area (Å²) in [4.78, 5) is 12.9. The summed E-state index contributed by atoms with van der Waals surface area (Å²) in [6.45, 7) is 5.70. The molecular formula is C17H27N3O4S. The summed E-state index contributed by atoms with van der Waals surface area (Å²) >= 11 is 0. The quantitative estimate of drug-likeness (QED) is 0.878. The molecule has 7 nitrogen and oxygen atoms in total. The van der Waals surface area contributed by atoms with Gasteiger partial charge in [0, 0.05) is 12.6 Å². The van der Waals surface area contributed by atoms with Crippen LogP contribution in [0.2, 0.25) is 0 Å². The van der Waals surface area contributed by atoms with E-state index in [1.54, 1.807) is 13.8 Å². The number of rotatable bonds is 4. The molecule has 1 saturated heterocycles. The molecule has 2 fully saturated rings. The van der Waals surface area contributed by atoms with E-state index in [-0.39, 0.29) is 22.6 Å². The van der Waals surface area contributed by atoms with Crippen molar-refractivity contribution in [3.05, 3.63) is 11.5 Å². The van der Waals surface area contributed by atoms with Crippen molar-refractivity contribution in [2.45, 2.75) is 76.3 Å². The first-order chi connectivity index (χ1) is 11.8. The van der Waals surface area contributed by atoms with Gasteiger partial charge < -0.3 is 9.84 Å². The van der Waals surface area contributed by atoms with Crippen molar-refractivity contribution in [3.8, 4) is 0 Å². The molecule has 3 rings (SSSR count). The highest BCUT2D eigenvalue weighted by molar-refractivity contribution is 7.89. The number of hydrogen-bond donors (Lipinski definition) is 1. The van der Waals surface area contributed by atoms with Gasteiger partial charge in [-0.25, -0.2) is 8.42 Å². The number of carbonyl (C=O) groups is 1. The Bertz CT molecular complexity index is 724. The maximum Gasteiger partial charge on any atom is 0.249 e. The Labute approximate surface area is 149 Å². The molecule has 1 aliphatic carbocycles. The van der Waals surface area contributed by atoms with Crippen LogP contribution in [0.5, 0.6) is 0 Å². The summed E-state index contributed by atoms with van der Waals surface area (Å²) in [5, 5.41) is 6.85. The van der Waals surface area contributed by atoms with E-state index < -0.39 is 16.1 Å². The van der Waals surface area contributed by atoms with Crippen LogP contribution in [0.15, 0.2) is 9.42 Å². The number of sulfonamides is 1. The molecule has 0 aromatic carbocycles. The number of aryl methyl sites for hydroxylation is 2. The minimum atomic E-state index is -3.79. The smallest absolute Gasteiger partial charge is 0.249 e. The van der Waals surface area contributed by atoms with E-state index in [0.717, 1.165) is 19.3 Å². The second-order valence-electron chi connectivity index (χ2n) is 7.30. The average molecular weight is 369 g/mol. The Morgan fingerprint density at radius 1 is 1.20 bits per heavy atom. The Morgan fingerprint density at radius 2 is 1.92 bits per heavy atom. The number of hydrogen-bond acceptors (Lipinski definition) is 5.